The van der Waals surface area contributed by atoms with E-state index >= 15 is 0 Å². The van der Waals surface area contributed by atoms with E-state index in [2.05, 4.69) is 24.5 Å². The lowest BCUT2D eigenvalue weighted by Crippen LogP contribution is -2.41. The summed E-state index contributed by atoms with van der Waals surface area (Å²) in [5.41, 5.74) is 5.99. The number of amides is 1. The maximum Gasteiger partial charge on any atom is 0.265 e. The van der Waals surface area contributed by atoms with Crippen LogP contribution in [0.3, 0.4) is 0 Å². The van der Waals surface area contributed by atoms with Crippen LogP contribution in [-0.2, 0) is 11.3 Å². The van der Waals surface area contributed by atoms with Crippen LogP contribution >= 0.6 is 23.8 Å². The quantitative estimate of drug-likeness (QED) is 0.672. The molecule has 1 N–H and O–H groups in total. The van der Waals surface area contributed by atoms with Crippen molar-refractivity contribution in [1.29, 1.82) is 0 Å². The molecule has 1 aromatic carbocycles. The Morgan fingerprint density at radius 3 is 2.90 bits per heavy atom. The van der Waals surface area contributed by atoms with E-state index in [0.717, 1.165) is 0 Å². The van der Waals surface area contributed by atoms with Crippen molar-refractivity contribution in [2.24, 2.45) is 0 Å². The number of hydrogen-bond donors (Lipinski definition) is 1. The lowest BCUT2D eigenvalue weighted by molar-refractivity contribution is -0.122. The third kappa shape index (κ3) is 2.79. The van der Waals surface area contributed by atoms with Crippen LogP contribution < -0.4 is 5.43 Å². The number of carbonyl (C=O) groups excluding carboxylic acids is 1. The fourth-order valence-corrected chi connectivity index (χ4v) is 2.95. The molecule has 0 spiro atoms. The fourth-order valence-electron chi connectivity index (χ4n) is 2.61. The average molecular weight is 319 g/mol. The summed E-state index contributed by atoms with van der Waals surface area (Å²) >= 11 is 11.1. The number of thiocarbonyl (C=S) groups is 1. The molecule has 3 nitrogen and oxygen atoms in total. The van der Waals surface area contributed by atoms with Crippen molar-refractivity contribution in [3.05, 3.63) is 59.2 Å². The maximum absolute atomic E-state index is 12.3. The Labute approximate surface area is 134 Å². The predicted octanol–water partition coefficient (Wildman–Crippen LogP) is 3.07. The van der Waals surface area contributed by atoms with E-state index in [9.17, 15) is 4.79 Å². The first-order chi connectivity index (χ1) is 10.1. The van der Waals surface area contributed by atoms with E-state index in [-0.39, 0.29) is 17.3 Å². The van der Waals surface area contributed by atoms with Gasteiger partial charge in [0, 0.05) is 17.0 Å². The molecule has 1 amide bonds. The summed E-state index contributed by atoms with van der Waals surface area (Å²) in [5, 5.41) is 1.64. The number of alkyl halides is 1. The highest BCUT2D eigenvalue weighted by molar-refractivity contribution is 7.81. The summed E-state index contributed by atoms with van der Waals surface area (Å²) in [6.07, 6.45) is 5.12. The molecule has 21 heavy (non-hydrogen) atoms. The van der Waals surface area contributed by atoms with E-state index < -0.39 is 0 Å². The number of halogens is 1. The number of rotatable bonds is 2. The van der Waals surface area contributed by atoms with Gasteiger partial charge in [0.2, 0.25) is 0 Å². The number of benzene rings is 1. The van der Waals surface area contributed by atoms with E-state index in [1.54, 1.807) is 18.2 Å². The van der Waals surface area contributed by atoms with Gasteiger partial charge < -0.3 is 0 Å². The highest BCUT2D eigenvalue weighted by atomic mass is 35.5. The summed E-state index contributed by atoms with van der Waals surface area (Å²) in [6, 6.07) is 8.38. The van der Waals surface area contributed by atoms with E-state index in [0.29, 0.717) is 17.0 Å². The molecular weight excluding hydrogens is 304 g/mol. The Balaban J connectivity index is 1.72. The molecule has 5 heteroatoms. The molecule has 3 rings (SSSR count). The Morgan fingerprint density at radius 2 is 2.19 bits per heavy atom. The van der Waals surface area contributed by atoms with Crippen molar-refractivity contribution in [3.8, 4) is 0 Å². The molecule has 0 bridgehead atoms. The molecule has 2 unspecified atom stereocenters. The lowest BCUT2D eigenvalue weighted by atomic mass is 10.1. The second-order valence-electron chi connectivity index (χ2n) is 5.21. The molecule has 1 aliphatic carbocycles. The van der Waals surface area contributed by atoms with Gasteiger partial charge in [0.05, 0.1) is 11.4 Å². The van der Waals surface area contributed by atoms with Gasteiger partial charge in [-0.1, -0.05) is 48.6 Å². The largest absolute Gasteiger partial charge is 0.284 e. The zero-order valence-electron chi connectivity index (χ0n) is 11.5. The molecule has 2 aliphatic rings. The van der Waals surface area contributed by atoms with Crippen LogP contribution in [0.2, 0.25) is 0 Å². The van der Waals surface area contributed by atoms with Crippen molar-refractivity contribution in [1.82, 2.24) is 10.4 Å². The van der Waals surface area contributed by atoms with Crippen molar-refractivity contribution in [2.75, 3.05) is 0 Å². The molecule has 0 saturated carbocycles. The minimum Gasteiger partial charge on any atom is -0.284 e. The summed E-state index contributed by atoms with van der Waals surface area (Å²) in [7, 11) is 0. The summed E-state index contributed by atoms with van der Waals surface area (Å²) < 4.78 is 0. The molecule has 0 aromatic heterocycles. The Hall–Kier alpha value is -1.49. The normalized spacial score (nSPS) is 24.7. The number of fused-ring (bicyclic) bond motifs is 1. The lowest BCUT2D eigenvalue weighted by Gasteiger charge is -2.23. The van der Waals surface area contributed by atoms with Gasteiger partial charge in [-0.3, -0.25) is 10.2 Å². The third-order valence-electron chi connectivity index (χ3n) is 3.84. The minimum atomic E-state index is -0.300. The summed E-state index contributed by atoms with van der Waals surface area (Å²) in [6.45, 7) is 2.79. The van der Waals surface area contributed by atoms with Gasteiger partial charge in [-0.15, -0.1) is 11.6 Å². The topological polar surface area (TPSA) is 32.3 Å². The zero-order chi connectivity index (χ0) is 15.0. The minimum absolute atomic E-state index is 0.156. The van der Waals surface area contributed by atoms with Crippen LogP contribution in [-0.4, -0.2) is 21.2 Å². The van der Waals surface area contributed by atoms with Gasteiger partial charge in [0.1, 0.15) is 0 Å². The van der Waals surface area contributed by atoms with E-state index in [4.69, 9.17) is 23.8 Å². The first kappa shape index (κ1) is 14.4. The fraction of sp³-hybridized carbons (Fsp3) is 0.250. The van der Waals surface area contributed by atoms with Crippen molar-refractivity contribution in [3.63, 3.8) is 0 Å². The zero-order valence-corrected chi connectivity index (χ0v) is 13.1. The van der Waals surface area contributed by atoms with Gasteiger partial charge in [0.15, 0.2) is 0 Å². The van der Waals surface area contributed by atoms with Crippen LogP contribution in [0.25, 0.3) is 0 Å². The van der Waals surface area contributed by atoms with E-state index in [1.807, 2.05) is 17.1 Å². The summed E-state index contributed by atoms with van der Waals surface area (Å²) in [4.78, 5) is 12.9. The first-order valence-electron chi connectivity index (χ1n) is 6.79. The first-order valence-corrected chi connectivity index (χ1v) is 7.64. The van der Waals surface area contributed by atoms with Gasteiger partial charge >= 0.3 is 0 Å². The summed E-state index contributed by atoms with van der Waals surface area (Å²) in [5.74, 6) is -0.156. The van der Waals surface area contributed by atoms with Crippen LogP contribution in [0.1, 0.15) is 24.1 Å². The van der Waals surface area contributed by atoms with Crippen LogP contribution in [0, 0.1) is 0 Å². The SMILES string of the molecule is CC1c2ccccc2CN1NC(=O)C1=CC(=S)C(Cl)C=C1. The Bertz CT molecular complexity index is 668. The molecule has 0 saturated heterocycles. The van der Waals surface area contributed by atoms with Gasteiger partial charge in [0.25, 0.3) is 5.91 Å². The van der Waals surface area contributed by atoms with Crippen molar-refractivity contribution in [2.45, 2.75) is 24.9 Å². The Morgan fingerprint density at radius 1 is 1.43 bits per heavy atom. The maximum atomic E-state index is 12.3. The van der Waals surface area contributed by atoms with Crippen LogP contribution in [0.15, 0.2) is 48.1 Å². The predicted molar refractivity (Wildman–Crippen MR) is 88.0 cm³/mol. The molecule has 0 fully saturated rings. The molecule has 2 atom stereocenters. The monoisotopic (exact) mass is 318 g/mol. The van der Waals surface area contributed by atoms with Crippen LogP contribution in [0.4, 0.5) is 0 Å². The third-order valence-corrected chi connectivity index (χ3v) is 4.72. The van der Waals surface area contributed by atoms with Crippen molar-refractivity contribution < 1.29 is 4.79 Å². The second kappa shape index (κ2) is 5.72. The molecule has 0 radical (unpaired) electrons. The highest BCUT2D eigenvalue weighted by Gasteiger charge is 2.28. The number of allylic oxidation sites excluding steroid dienone is 2. The van der Waals surface area contributed by atoms with Gasteiger partial charge in [-0.05, 0) is 24.1 Å². The molecule has 1 aliphatic heterocycles. The highest BCUT2D eigenvalue weighted by Crippen LogP contribution is 2.31. The van der Waals surface area contributed by atoms with Gasteiger partial charge in [-0.25, -0.2) is 5.01 Å². The number of nitrogens with zero attached hydrogens (tertiary/aromatic N) is 1. The molecular formula is C16H15ClN2OS. The average Bonchev–Trinajstić information content (AvgIpc) is 2.79. The second-order valence-corrected chi connectivity index (χ2v) is 6.15. The smallest absolute Gasteiger partial charge is 0.265 e. The standard InChI is InChI=1S/C16H15ClN2OS/c1-10-13-5-3-2-4-12(13)9-19(10)18-16(20)11-6-7-14(17)15(21)8-11/h2-8,10,14H,9H2,1H3,(H,18,20). The number of nitrogens with one attached hydrogen (secondary N) is 1. The van der Waals surface area contributed by atoms with Crippen molar-refractivity contribution >= 4 is 34.6 Å². The van der Waals surface area contributed by atoms with E-state index in [1.165, 1.54) is 11.1 Å². The van der Waals surface area contributed by atoms with Crippen LogP contribution in [0.5, 0.6) is 0 Å². The molecule has 1 aromatic rings. The molecule has 108 valence electrons. The molecule has 1 heterocycles. The Kier molecular flexibility index (Phi) is 3.93. The number of carbonyl (C=O) groups is 1. The number of hydrazine groups is 1. The number of hydrogen-bond acceptors (Lipinski definition) is 3. The van der Waals surface area contributed by atoms with Gasteiger partial charge in [-0.2, -0.15) is 0 Å².